The van der Waals surface area contributed by atoms with Gasteiger partial charge in [0.25, 0.3) is 0 Å². The summed E-state index contributed by atoms with van der Waals surface area (Å²) in [5.41, 5.74) is -0.777. The lowest BCUT2D eigenvalue weighted by Gasteiger charge is -2.39. The maximum atomic E-state index is 12.1. The highest BCUT2D eigenvalue weighted by atomic mass is 32.2. The Hall–Kier alpha value is -0.640. The van der Waals surface area contributed by atoms with Gasteiger partial charge in [0.1, 0.15) is 0 Å². The fraction of sp³-hybridized carbons (Fsp3) is 0.917. The van der Waals surface area contributed by atoms with Crippen molar-refractivity contribution >= 4 is 10.0 Å². The van der Waals surface area contributed by atoms with E-state index in [-0.39, 0.29) is 13.0 Å². The maximum absolute atomic E-state index is 12.1. The zero-order valence-corrected chi connectivity index (χ0v) is 11.8. The molecule has 3 atom stereocenters. The van der Waals surface area contributed by atoms with E-state index in [4.69, 9.17) is 5.26 Å². The van der Waals surface area contributed by atoms with Gasteiger partial charge in [-0.1, -0.05) is 26.7 Å². The summed E-state index contributed by atoms with van der Waals surface area (Å²) in [4.78, 5) is 0. The van der Waals surface area contributed by atoms with Gasteiger partial charge in [-0.05, 0) is 25.2 Å². The van der Waals surface area contributed by atoms with Gasteiger partial charge in [-0.25, -0.2) is 13.1 Å². The number of aliphatic hydroxyl groups is 1. The second kappa shape index (κ2) is 6.00. The molecule has 0 aliphatic heterocycles. The van der Waals surface area contributed by atoms with Crippen LogP contribution < -0.4 is 4.72 Å². The van der Waals surface area contributed by atoms with Crippen LogP contribution in [0.2, 0.25) is 0 Å². The molecule has 0 bridgehead atoms. The van der Waals surface area contributed by atoms with E-state index >= 15 is 0 Å². The van der Waals surface area contributed by atoms with Crippen molar-refractivity contribution in [2.24, 2.45) is 5.92 Å². The normalized spacial score (nSPS) is 30.7. The van der Waals surface area contributed by atoms with Gasteiger partial charge in [-0.3, -0.25) is 0 Å². The van der Waals surface area contributed by atoms with Crippen molar-refractivity contribution in [1.82, 2.24) is 4.72 Å². The number of rotatable bonds is 5. The Morgan fingerprint density at radius 2 is 2.28 bits per heavy atom. The van der Waals surface area contributed by atoms with Crippen LogP contribution in [0.25, 0.3) is 0 Å². The number of nitrogens with one attached hydrogen (secondary N) is 1. The van der Waals surface area contributed by atoms with E-state index in [1.54, 1.807) is 13.0 Å². The number of aliphatic hydroxyl groups excluding tert-OH is 1. The summed E-state index contributed by atoms with van der Waals surface area (Å²) in [6, 6.07) is 1.80. The Morgan fingerprint density at radius 1 is 1.61 bits per heavy atom. The predicted octanol–water partition coefficient (Wildman–Crippen LogP) is 1.15. The zero-order valence-electron chi connectivity index (χ0n) is 11.0. The van der Waals surface area contributed by atoms with Crippen molar-refractivity contribution in [3.8, 4) is 6.07 Å². The summed E-state index contributed by atoms with van der Waals surface area (Å²) in [5, 5.41) is 17.4. The minimum absolute atomic E-state index is 0.210. The second-order valence-corrected chi connectivity index (χ2v) is 7.18. The number of sulfonamides is 1. The van der Waals surface area contributed by atoms with Gasteiger partial charge < -0.3 is 5.11 Å². The van der Waals surface area contributed by atoms with Crippen LogP contribution in [0.1, 0.15) is 46.0 Å². The molecule has 1 aliphatic carbocycles. The smallest absolute Gasteiger partial charge is 0.228 e. The van der Waals surface area contributed by atoms with Crippen molar-refractivity contribution in [3.63, 3.8) is 0 Å². The van der Waals surface area contributed by atoms with Crippen LogP contribution >= 0.6 is 0 Å². The number of nitrogens with zero attached hydrogens (tertiary/aromatic N) is 1. The van der Waals surface area contributed by atoms with Crippen LogP contribution in [0.5, 0.6) is 0 Å². The summed E-state index contributed by atoms with van der Waals surface area (Å²) in [6.45, 7) is 3.51. The van der Waals surface area contributed by atoms with Crippen LogP contribution in [0.15, 0.2) is 0 Å². The molecule has 0 aromatic rings. The standard InChI is InChI=1S/C12H22N2O3S/c1-3-11(8-13)18(16,17)14-12(9-15)6-4-5-10(2)7-12/h10-11,14-15H,3-7,9H2,1-2H3. The van der Waals surface area contributed by atoms with Gasteiger partial charge >= 0.3 is 0 Å². The summed E-state index contributed by atoms with van der Waals surface area (Å²) in [5.74, 6) is 0.385. The van der Waals surface area contributed by atoms with Crippen LogP contribution in [-0.4, -0.2) is 30.9 Å². The largest absolute Gasteiger partial charge is 0.394 e. The highest BCUT2D eigenvalue weighted by molar-refractivity contribution is 7.90. The minimum Gasteiger partial charge on any atom is -0.394 e. The number of nitriles is 1. The third kappa shape index (κ3) is 3.44. The van der Waals surface area contributed by atoms with Gasteiger partial charge in [-0.2, -0.15) is 5.26 Å². The monoisotopic (exact) mass is 274 g/mol. The molecular formula is C12H22N2O3S. The molecule has 18 heavy (non-hydrogen) atoms. The molecule has 1 saturated carbocycles. The Bertz CT molecular complexity index is 416. The predicted molar refractivity (Wildman–Crippen MR) is 69.2 cm³/mol. The van der Waals surface area contributed by atoms with Crippen molar-refractivity contribution in [2.75, 3.05) is 6.61 Å². The first-order valence-corrected chi connectivity index (χ1v) is 7.97. The first-order chi connectivity index (χ1) is 8.39. The molecule has 2 N–H and O–H groups in total. The SMILES string of the molecule is CCC(C#N)S(=O)(=O)NC1(CO)CCCC(C)C1. The Morgan fingerprint density at radius 3 is 2.72 bits per heavy atom. The number of hydrogen-bond donors (Lipinski definition) is 2. The fourth-order valence-electron chi connectivity index (χ4n) is 2.68. The van der Waals surface area contributed by atoms with Crippen LogP contribution in [0.3, 0.4) is 0 Å². The Labute approximate surface area is 109 Å². The van der Waals surface area contributed by atoms with Gasteiger partial charge in [0.05, 0.1) is 18.2 Å². The van der Waals surface area contributed by atoms with E-state index < -0.39 is 20.8 Å². The summed E-state index contributed by atoms with van der Waals surface area (Å²) < 4.78 is 26.8. The average molecular weight is 274 g/mol. The van der Waals surface area contributed by atoms with Crippen LogP contribution in [-0.2, 0) is 10.0 Å². The van der Waals surface area contributed by atoms with Gasteiger partial charge in [0.15, 0.2) is 5.25 Å². The molecule has 0 heterocycles. The van der Waals surface area contributed by atoms with Gasteiger partial charge in [0, 0.05) is 0 Å². The van der Waals surface area contributed by atoms with Crippen molar-refractivity contribution in [3.05, 3.63) is 0 Å². The van der Waals surface area contributed by atoms with E-state index in [9.17, 15) is 13.5 Å². The first-order valence-electron chi connectivity index (χ1n) is 6.42. The highest BCUT2D eigenvalue weighted by Crippen LogP contribution is 2.33. The molecule has 1 fully saturated rings. The molecule has 6 heteroatoms. The molecule has 1 aliphatic rings. The van der Waals surface area contributed by atoms with Crippen LogP contribution in [0.4, 0.5) is 0 Å². The third-order valence-electron chi connectivity index (χ3n) is 3.64. The molecule has 3 unspecified atom stereocenters. The summed E-state index contributed by atoms with van der Waals surface area (Å²) in [7, 11) is -3.69. The zero-order chi connectivity index (χ0) is 13.8. The van der Waals surface area contributed by atoms with E-state index in [1.165, 1.54) is 0 Å². The Kier molecular flexibility index (Phi) is 5.14. The molecule has 1 rings (SSSR count). The lowest BCUT2D eigenvalue weighted by atomic mass is 9.78. The highest BCUT2D eigenvalue weighted by Gasteiger charge is 2.39. The summed E-state index contributed by atoms with van der Waals surface area (Å²) in [6.07, 6.45) is 3.47. The lowest BCUT2D eigenvalue weighted by Crippen LogP contribution is -2.55. The lowest BCUT2D eigenvalue weighted by molar-refractivity contribution is 0.119. The first kappa shape index (κ1) is 15.4. The van der Waals surface area contributed by atoms with Crippen molar-refractivity contribution in [2.45, 2.75) is 56.7 Å². The van der Waals surface area contributed by atoms with E-state index in [0.29, 0.717) is 18.8 Å². The van der Waals surface area contributed by atoms with Crippen LogP contribution in [0, 0.1) is 17.2 Å². The maximum Gasteiger partial charge on any atom is 0.228 e. The molecular weight excluding hydrogens is 252 g/mol. The fourth-order valence-corrected chi connectivity index (χ4v) is 4.26. The quantitative estimate of drug-likeness (QED) is 0.787. The molecule has 0 aromatic carbocycles. The molecule has 0 radical (unpaired) electrons. The summed E-state index contributed by atoms with van der Waals surface area (Å²) >= 11 is 0. The average Bonchev–Trinajstić information content (AvgIpc) is 2.29. The van der Waals surface area contributed by atoms with Gasteiger partial charge in [-0.15, -0.1) is 0 Å². The Balaban J connectivity index is 2.89. The molecule has 0 saturated heterocycles. The second-order valence-electron chi connectivity index (χ2n) is 5.31. The van der Waals surface area contributed by atoms with E-state index in [0.717, 1.165) is 12.8 Å². The molecule has 0 spiro atoms. The van der Waals surface area contributed by atoms with Gasteiger partial charge in [0.2, 0.25) is 10.0 Å². The third-order valence-corrected chi connectivity index (χ3v) is 5.55. The molecule has 0 aromatic heterocycles. The van der Waals surface area contributed by atoms with E-state index in [1.807, 2.05) is 0 Å². The molecule has 0 amide bonds. The molecule has 104 valence electrons. The van der Waals surface area contributed by atoms with E-state index in [2.05, 4.69) is 11.6 Å². The van der Waals surface area contributed by atoms with Crippen molar-refractivity contribution in [1.29, 1.82) is 5.26 Å². The minimum atomic E-state index is -3.69. The van der Waals surface area contributed by atoms with Crippen molar-refractivity contribution < 1.29 is 13.5 Å². The topological polar surface area (TPSA) is 90.2 Å². The number of hydrogen-bond acceptors (Lipinski definition) is 4. The molecule has 5 nitrogen and oxygen atoms in total.